The minimum Gasteiger partial charge on any atom is -0.497 e. The third-order valence-electron chi connectivity index (χ3n) is 5.88. The molecule has 2 aromatic carbocycles. The van der Waals surface area contributed by atoms with E-state index in [1.54, 1.807) is 7.11 Å². The number of para-hydroxylation sites is 1. The van der Waals surface area contributed by atoms with Crippen molar-refractivity contribution >= 4 is 17.5 Å². The van der Waals surface area contributed by atoms with Crippen molar-refractivity contribution in [3.63, 3.8) is 0 Å². The van der Waals surface area contributed by atoms with Crippen LogP contribution in [0.2, 0.25) is 0 Å². The molecule has 0 aliphatic carbocycles. The zero-order valence-corrected chi connectivity index (χ0v) is 15.1. The molecule has 3 heterocycles. The summed E-state index contributed by atoms with van der Waals surface area (Å²) < 4.78 is 5.26. The molecule has 0 saturated carbocycles. The number of methoxy groups -OCH3 is 1. The van der Waals surface area contributed by atoms with E-state index in [2.05, 4.69) is 10.0 Å². The summed E-state index contributed by atoms with van der Waals surface area (Å²) in [5.74, 6) is 0.184. The van der Waals surface area contributed by atoms with Crippen molar-refractivity contribution in [1.29, 1.82) is 0 Å². The summed E-state index contributed by atoms with van der Waals surface area (Å²) in [6.07, 6.45) is 1.00. The van der Waals surface area contributed by atoms with E-state index in [9.17, 15) is 9.59 Å². The van der Waals surface area contributed by atoms with E-state index < -0.39 is 6.04 Å². The number of rotatable bonds is 3. The maximum atomic E-state index is 13.4. The molecule has 3 atom stereocenters. The van der Waals surface area contributed by atoms with Gasteiger partial charge in [-0.15, -0.1) is 0 Å². The lowest BCUT2D eigenvalue weighted by molar-refractivity contribution is -0.126. The lowest BCUT2D eigenvalue weighted by Crippen LogP contribution is -2.44. The van der Waals surface area contributed by atoms with Gasteiger partial charge < -0.3 is 4.74 Å². The van der Waals surface area contributed by atoms with Gasteiger partial charge in [0.05, 0.1) is 24.8 Å². The number of nitrogens with zero attached hydrogens (tertiary/aromatic N) is 3. The molecule has 3 aliphatic rings. The van der Waals surface area contributed by atoms with E-state index in [0.29, 0.717) is 5.69 Å². The largest absolute Gasteiger partial charge is 0.497 e. The molecule has 0 spiro atoms. The smallest absolute Gasteiger partial charge is 0.253 e. The number of ether oxygens (including phenoxy) is 1. The second-order valence-electron chi connectivity index (χ2n) is 7.22. The summed E-state index contributed by atoms with van der Waals surface area (Å²) in [5.41, 5.74) is 1.70. The number of carbonyl (C=O) groups is 2. The summed E-state index contributed by atoms with van der Waals surface area (Å²) in [5, 5.41) is 4.33. The van der Waals surface area contributed by atoms with E-state index in [4.69, 9.17) is 4.74 Å². The van der Waals surface area contributed by atoms with E-state index >= 15 is 0 Å². The van der Waals surface area contributed by atoms with Crippen LogP contribution in [0.25, 0.3) is 0 Å². The Morgan fingerprint density at radius 3 is 2.19 bits per heavy atom. The molecule has 0 bridgehead atoms. The van der Waals surface area contributed by atoms with Crippen LogP contribution >= 0.6 is 0 Å². The fourth-order valence-electron chi connectivity index (χ4n) is 4.75. The predicted molar refractivity (Wildman–Crippen MR) is 100.0 cm³/mol. The van der Waals surface area contributed by atoms with Crippen molar-refractivity contribution in [3.05, 3.63) is 60.2 Å². The van der Waals surface area contributed by atoms with Gasteiger partial charge in [0.2, 0.25) is 5.91 Å². The number of hydrazine groups is 1. The second kappa shape index (κ2) is 6.18. The maximum Gasteiger partial charge on any atom is 0.253 e. The predicted octanol–water partition coefficient (Wildman–Crippen LogP) is 2.23. The topological polar surface area (TPSA) is 53.1 Å². The molecule has 6 heteroatoms. The highest BCUT2D eigenvalue weighted by Crippen LogP contribution is 2.48. The molecule has 0 aromatic heterocycles. The van der Waals surface area contributed by atoms with Crippen LogP contribution in [0.5, 0.6) is 5.75 Å². The SMILES string of the molecule is COc1ccc([C@@H]2[C@H]3C(=O)N(c4ccccc4)C(=O)[C@H]3N3CCCN23)cc1. The number of hydrogen-bond donors (Lipinski definition) is 0. The minimum absolute atomic E-state index is 0.105. The van der Waals surface area contributed by atoms with Gasteiger partial charge in [0, 0.05) is 13.1 Å². The molecule has 0 N–H and O–H groups in total. The van der Waals surface area contributed by atoms with Crippen molar-refractivity contribution in [2.75, 3.05) is 25.1 Å². The van der Waals surface area contributed by atoms with Gasteiger partial charge in [-0.1, -0.05) is 30.3 Å². The molecule has 2 aromatic rings. The number of benzene rings is 2. The first-order chi connectivity index (χ1) is 13.2. The summed E-state index contributed by atoms with van der Waals surface area (Å²) in [6, 6.07) is 16.6. The van der Waals surface area contributed by atoms with Gasteiger partial charge in [-0.05, 0) is 36.2 Å². The molecule has 6 nitrogen and oxygen atoms in total. The number of carbonyl (C=O) groups excluding carboxylic acids is 2. The summed E-state index contributed by atoms with van der Waals surface area (Å²) in [6.45, 7) is 1.69. The Kier molecular flexibility index (Phi) is 3.77. The Balaban J connectivity index is 1.57. The molecule has 138 valence electrons. The quantitative estimate of drug-likeness (QED) is 0.783. The molecule has 3 saturated heterocycles. The first-order valence-electron chi connectivity index (χ1n) is 9.31. The highest BCUT2D eigenvalue weighted by atomic mass is 16.5. The number of imide groups is 1. The highest BCUT2D eigenvalue weighted by molar-refractivity contribution is 6.24. The Morgan fingerprint density at radius 2 is 1.52 bits per heavy atom. The van der Waals surface area contributed by atoms with Gasteiger partial charge in [0.1, 0.15) is 11.8 Å². The van der Waals surface area contributed by atoms with Crippen LogP contribution in [0.3, 0.4) is 0 Å². The highest BCUT2D eigenvalue weighted by Gasteiger charge is 2.62. The van der Waals surface area contributed by atoms with E-state index in [1.165, 1.54) is 4.90 Å². The van der Waals surface area contributed by atoms with Crippen molar-refractivity contribution < 1.29 is 14.3 Å². The normalized spacial score (nSPS) is 27.9. The molecule has 3 aliphatic heterocycles. The summed E-state index contributed by atoms with van der Waals surface area (Å²) >= 11 is 0. The Hall–Kier alpha value is -2.70. The minimum atomic E-state index is -0.410. The van der Waals surface area contributed by atoms with Crippen LogP contribution in [0.1, 0.15) is 18.0 Å². The van der Waals surface area contributed by atoms with Gasteiger partial charge in [0.15, 0.2) is 0 Å². The van der Waals surface area contributed by atoms with Crippen molar-refractivity contribution in [1.82, 2.24) is 10.0 Å². The van der Waals surface area contributed by atoms with E-state index in [1.807, 2.05) is 54.6 Å². The van der Waals surface area contributed by atoms with Crippen molar-refractivity contribution in [3.8, 4) is 5.75 Å². The zero-order valence-electron chi connectivity index (χ0n) is 15.1. The van der Waals surface area contributed by atoms with Gasteiger partial charge >= 0.3 is 0 Å². The second-order valence-corrected chi connectivity index (χ2v) is 7.22. The Morgan fingerprint density at radius 1 is 0.852 bits per heavy atom. The standard InChI is InChI=1S/C21H21N3O3/c1-27-16-10-8-14(9-11-16)18-17-19(23-13-5-12-22(18)23)21(26)24(20(17)25)15-6-3-2-4-7-15/h2-4,6-11,17-19H,5,12-13H2,1H3/t17-,18-,19+/m1/s1. The van der Waals surface area contributed by atoms with Crippen LogP contribution in [0, 0.1) is 5.92 Å². The number of hydrogen-bond acceptors (Lipinski definition) is 5. The molecule has 3 fully saturated rings. The third-order valence-corrected chi connectivity index (χ3v) is 5.88. The molecular formula is C21H21N3O3. The molecular weight excluding hydrogens is 342 g/mol. The molecule has 0 unspecified atom stereocenters. The average molecular weight is 363 g/mol. The molecule has 27 heavy (non-hydrogen) atoms. The number of amides is 2. The summed E-state index contributed by atoms with van der Waals surface area (Å²) in [7, 11) is 1.64. The molecule has 2 amide bonds. The van der Waals surface area contributed by atoms with Gasteiger partial charge in [0.25, 0.3) is 5.91 Å². The molecule has 0 radical (unpaired) electrons. The summed E-state index contributed by atoms with van der Waals surface area (Å²) in [4.78, 5) is 28.0. The number of anilines is 1. The van der Waals surface area contributed by atoms with E-state index in [-0.39, 0.29) is 23.8 Å². The zero-order chi connectivity index (χ0) is 18.5. The van der Waals surface area contributed by atoms with Crippen LogP contribution in [-0.4, -0.2) is 48.1 Å². The first-order valence-corrected chi connectivity index (χ1v) is 9.31. The Bertz CT molecular complexity index is 883. The first kappa shape index (κ1) is 16.5. The van der Waals surface area contributed by atoms with Gasteiger partial charge in [-0.2, -0.15) is 0 Å². The van der Waals surface area contributed by atoms with Crippen LogP contribution in [-0.2, 0) is 9.59 Å². The average Bonchev–Trinajstić information content (AvgIpc) is 3.35. The van der Waals surface area contributed by atoms with Crippen LogP contribution in [0.15, 0.2) is 54.6 Å². The van der Waals surface area contributed by atoms with Crippen LogP contribution < -0.4 is 9.64 Å². The lowest BCUT2D eigenvalue weighted by atomic mass is 9.90. The van der Waals surface area contributed by atoms with Gasteiger partial charge in [-0.25, -0.2) is 14.9 Å². The fraction of sp³-hybridized carbons (Fsp3) is 0.333. The monoisotopic (exact) mass is 363 g/mol. The van der Waals surface area contributed by atoms with Gasteiger partial charge in [-0.3, -0.25) is 9.59 Å². The number of fused-ring (bicyclic) bond motifs is 3. The fourth-order valence-corrected chi connectivity index (χ4v) is 4.75. The Labute approximate surface area is 157 Å². The van der Waals surface area contributed by atoms with Crippen molar-refractivity contribution in [2.45, 2.75) is 18.5 Å². The van der Waals surface area contributed by atoms with Crippen molar-refractivity contribution in [2.24, 2.45) is 5.92 Å². The molecule has 5 rings (SSSR count). The third kappa shape index (κ3) is 2.33. The maximum absolute atomic E-state index is 13.4. The van der Waals surface area contributed by atoms with Crippen LogP contribution in [0.4, 0.5) is 5.69 Å². The lowest BCUT2D eigenvalue weighted by Gasteiger charge is -2.29. The van der Waals surface area contributed by atoms with E-state index in [0.717, 1.165) is 30.8 Å².